The first-order valence-electron chi connectivity index (χ1n) is 11.8. The van der Waals surface area contributed by atoms with Crippen molar-refractivity contribution in [1.82, 2.24) is 24.9 Å². The minimum atomic E-state index is 0.524. The van der Waals surface area contributed by atoms with Crippen molar-refractivity contribution >= 4 is 32.7 Å². The Balaban J connectivity index is 1.58. The van der Waals surface area contributed by atoms with Crippen molar-refractivity contribution in [3.05, 3.63) is 115 Å². The van der Waals surface area contributed by atoms with Gasteiger partial charge in [-0.05, 0) is 18.2 Å². The largest absolute Gasteiger partial charge is 0.247 e. The monoisotopic (exact) mass is 461 g/mol. The van der Waals surface area contributed by atoms with Crippen molar-refractivity contribution in [2.75, 3.05) is 0 Å². The quantitative estimate of drug-likeness (QED) is 0.207. The maximum atomic E-state index is 5.06. The van der Waals surface area contributed by atoms with Crippen LogP contribution in [0.2, 0.25) is 0 Å². The molecule has 0 atom stereocenters. The van der Waals surface area contributed by atoms with E-state index in [0.29, 0.717) is 23.2 Å². The third kappa shape index (κ3) is 3.46. The van der Waals surface area contributed by atoms with Gasteiger partial charge in [-0.15, -0.1) is 0 Å². The second-order valence-corrected chi connectivity index (χ2v) is 8.59. The van der Waals surface area contributed by atoms with Gasteiger partial charge in [0, 0.05) is 27.3 Å². The average molecular weight is 462 g/mol. The van der Waals surface area contributed by atoms with E-state index in [4.69, 9.17) is 24.9 Å². The summed E-state index contributed by atoms with van der Waals surface area (Å²) >= 11 is 0. The van der Waals surface area contributed by atoms with Gasteiger partial charge in [-0.25, -0.2) is 24.9 Å². The van der Waals surface area contributed by atoms with Crippen LogP contribution in [0.1, 0.15) is 0 Å². The summed E-state index contributed by atoms with van der Waals surface area (Å²) in [4.78, 5) is 24.8. The summed E-state index contributed by atoms with van der Waals surface area (Å²) in [6, 6.07) is 38.3. The van der Waals surface area contributed by atoms with Crippen LogP contribution in [-0.2, 0) is 0 Å². The Kier molecular flexibility index (Phi) is 4.71. The van der Waals surface area contributed by atoms with E-state index >= 15 is 0 Å². The summed E-state index contributed by atoms with van der Waals surface area (Å²) in [5, 5.41) is 2.96. The fourth-order valence-electron chi connectivity index (χ4n) is 4.54. The number of para-hydroxylation sites is 2. The second-order valence-electron chi connectivity index (χ2n) is 8.59. The highest BCUT2D eigenvalue weighted by Gasteiger charge is 2.18. The zero-order valence-electron chi connectivity index (χ0n) is 19.2. The Bertz CT molecular complexity index is 1830. The zero-order valence-corrected chi connectivity index (χ0v) is 19.2. The molecule has 5 nitrogen and oxygen atoms in total. The fourth-order valence-corrected chi connectivity index (χ4v) is 4.54. The first kappa shape index (κ1) is 20.4. The second kappa shape index (κ2) is 8.32. The molecule has 3 heterocycles. The molecule has 0 radical (unpaired) electrons. The molecule has 0 saturated heterocycles. The van der Waals surface area contributed by atoms with Crippen LogP contribution in [-0.4, -0.2) is 24.9 Å². The van der Waals surface area contributed by atoms with Crippen molar-refractivity contribution in [2.45, 2.75) is 0 Å². The number of aromatic nitrogens is 5. The minimum absolute atomic E-state index is 0.524. The summed E-state index contributed by atoms with van der Waals surface area (Å²) in [6.45, 7) is 0. The van der Waals surface area contributed by atoms with Crippen LogP contribution >= 0.6 is 0 Å². The molecule has 0 N–H and O–H groups in total. The normalized spacial score (nSPS) is 11.3. The van der Waals surface area contributed by atoms with Crippen molar-refractivity contribution in [3.63, 3.8) is 0 Å². The smallest absolute Gasteiger partial charge is 0.183 e. The van der Waals surface area contributed by atoms with Gasteiger partial charge in [0.25, 0.3) is 0 Å². The molecule has 0 aliphatic rings. The van der Waals surface area contributed by atoms with E-state index in [1.807, 2.05) is 97.1 Å². The van der Waals surface area contributed by atoms with Crippen LogP contribution in [0.25, 0.3) is 67.0 Å². The summed E-state index contributed by atoms with van der Waals surface area (Å²) in [7, 11) is 0. The molecule has 0 aliphatic carbocycles. The summed E-state index contributed by atoms with van der Waals surface area (Å²) < 4.78 is 0. The fraction of sp³-hybridized carbons (Fsp3) is 0. The molecular formula is C31H19N5. The molecule has 0 spiro atoms. The van der Waals surface area contributed by atoms with Crippen LogP contribution in [0.4, 0.5) is 0 Å². The van der Waals surface area contributed by atoms with Gasteiger partial charge in [0.05, 0.1) is 16.6 Å². The summed E-state index contributed by atoms with van der Waals surface area (Å²) in [5.74, 6) is 1.74. The van der Waals surface area contributed by atoms with Gasteiger partial charge in [-0.2, -0.15) is 0 Å². The van der Waals surface area contributed by atoms with Crippen molar-refractivity contribution in [3.8, 4) is 34.3 Å². The summed E-state index contributed by atoms with van der Waals surface area (Å²) in [5.41, 5.74) is 5.22. The molecule has 0 fully saturated rings. The molecule has 4 aromatic carbocycles. The Morgan fingerprint density at radius 2 is 0.944 bits per heavy atom. The van der Waals surface area contributed by atoms with Gasteiger partial charge in [0.15, 0.2) is 17.5 Å². The standard InChI is InChI=1S/C31H19N5/c1-3-11-20(12-4-1)29-34-30(21-13-5-2-6-14-21)36-31(35-29)28-24-19-22-15-7-9-17-25(22)32-27(24)23-16-8-10-18-26(23)33-28/h1-19H. The third-order valence-electron chi connectivity index (χ3n) is 6.28. The molecule has 0 aliphatic heterocycles. The lowest BCUT2D eigenvalue weighted by atomic mass is 10.1. The van der Waals surface area contributed by atoms with E-state index in [0.717, 1.165) is 43.8 Å². The number of hydrogen-bond donors (Lipinski definition) is 0. The van der Waals surface area contributed by atoms with E-state index in [1.54, 1.807) is 0 Å². The number of nitrogens with zero attached hydrogens (tertiary/aromatic N) is 5. The number of pyridine rings is 2. The topological polar surface area (TPSA) is 64.5 Å². The van der Waals surface area contributed by atoms with E-state index in [9.17, 15) is 0 Å². The van der Waals surface area contributed by atoms with E-state index in [-0.39, 0.29) is 0 Å². The lowest BCUT2D eigenvalue weighted by Gasteiger charge is -2.12. The van der Waals surface area contributed by atoms with Crippen LogP contribution in [0.3, 0.4) is 0 Å². The molecule has 36 heavy (non-hydrogen) atoms. The van der Waals surface area contributed by atoms with E-state index in [1.165, 1.54) is 0 Å². The first-order valence-corrected chi connectivity index (χ1v) is 11.8. The predicted molar refractivity (Wildman–Crippen MR) is 144 cm³/mol. The van der Waals surface area contributed by atoms with Gasteiger partial charge < -0.3 is 0 Å². The highest BCUT2D eigenvalue weighted by atomic mass is 15.0. The van der Waals surface area contributed by atoms with Crippen molar-refractivity contribution < 1.29 is 0 Å². The number of benzene rings is 4. The van der Waals surface area contributed by atoms with Crippen LogP contribution in [0.15, 0.2) is 115 Å². The number of fused-ring (bicyclic) bond motifs is 4. The first-order chi connectivity index (χ1) is 17.8. The molecule has 0 bridgehead atoms. The van der Waals surface area contributed by atoms with E-state index in [2.05, 4.69) is 18.2 Å². The third-order valence-corrected chi connectivity index (χ3v) is 6.28. The molecule has 7 aromatic rings. The minimum Gasteiger partial charge on any atom is -0.247 e. The van der Waals surface area contributed by atoms with Crippen LogP contribution in [0, 0.1) is 0 Å². The maximum Gasteiger partial charge on any atom is 0.183 e. The van der Waals surface area contributed by atoms with Gasteiger partial charge in [0.2, 0.25) is 0 Å². The molecular weight excluding hydrogens is 442 g/mol. The highest BCUT2D eigenvalue weighted by Crippen LogP contribution is 2.33. The van der Waals surface area contributed by atoms with Gasteiger partial charge in [-0.1, -0.05) is 97.1 Å². The maximum absolute atomic E-state index is 5.06. The summed E-state index contributed by atoms with van der Waals surface area (Å²) in [6.07, 6.45) is 0. The van der Waals surface area contributed by atoms with Crippen molar-refractivity contribution in [1.29, 1.82) is 0 Å². The van der Waals surface area contributed by atoms with Gasteiger partial charge >= 0.3 is 0 Å². The average Bonchev–Trinajstić information content (AvgIpc) is 2.96. The SMILES string of the molecule is c1ccc(-c2nc(-c3ccccc3)nc(-c3nc4ccccc4c4nc5ccccc5cc34)n2)cc1. The highest BCUT2D eigenvalue weighted by molar-refractivity contribution is 6.11. The Morgan fingerprint density at radius 1 is 0.389 bits per heavy atom. The van der Waals surface area contributed by atoms with E-state index < -0.39 is 0 Å². The number of rotatable bonds is 3. The molecule has 5 heteroatoms. The molecule has 0 unspecified atom stereocenters. The molecule has 7 rings (SSSR count). The molecule has 168 valence electrons. The van der Waals surface area contributed by atoms with Crippen LogP contribution in [0.5, 0.6) is 0 Å². The predicted octanol–water partition coefficient (Wildman–Crippen LogP) is 7.12. The zero-order chi connectivity index (χ0) is 23.9. The molecule has 3 aromatic heterocycles. The van der Waals surface area contributed by atoms with Crippen LogP contribution < -0.4 is 0 Å². The Labute approximate surface area is 207 Å². The molecule has 0 saturated carbocycles. The Morgan fingerprint density at radius 3 is 1.64 bits per heavy atom. The van der Waals surface area contributed by atoms with Gasteiger partial charge in [0.1, 0.15) is 5.69 Å². The lowest BCUT2D eigenvalue weighted by molar-refractivity contribution is 1.07. The lowest BCUT2D eigenvalue weighted by Crippen LogP contribution is -2.02. The molecule has 0 amide bonds. The van der Waals surface area contributed by atoms with Crippen molar-refractivity contribution in [2.24, 2.45) is 0 Å². The Hall–Kier alpha value is -5.03. The number of hydrogen-bond acceptors (Lipinski definition) is 5. The van der Waals surface area contributed by atoms with Gasteiger partial charge in [-0.3, -0.25) is 0 Å².